The molecular weight excluding hydrogens is 360 g/mol. The molecule has 28 heavy (non-hydrogen) atoms. The summed E-state index contributed by atoms with van der Waals surface area (Å²) in [5.74, 6) is 1.45. The van der Waals surface area contributed by atoms with Gasteiger partial charge in [-0.25, -0.2) is 9.78 Å². The number of hydrogen-bond donors (Lipinski definition) is 2. The minimum Gasteiger partial charge on any atom is -0.446 e. The van der Waals surface area contributed by atoms with E-state index in [9.17, 15) is 9.90 Å². The first-order valence-electron chi connectivity index (χ1n) is 9.94. The molecular formula is C19H24N6O3. The van der Waals surface area contributed by atoms with Crippen molar-refractivity contribution in [3.63, 3.8) is 0 Å². The molecule has 0 bridgehead atoms. The maximum atomic E-state index is 12.4. The lowest BCUT2D eigenvalue weighted by Crippen LogP contribution is -2.32. The third-order valence-electron chi connectivity index (χ3n) is 6.16. The van der Waals surface area contributed by atoms with E-state index in [1.165, 1.54) is 0 Å². The fraction of sp³-hybridized carbons (Fsp3) is 0.579. The summed E-state index contributed by atoms with van der Waals surface area (Å²) in [5.41, 5.74) is 2.48. The van der Waals surface area contributed by atoms with Crippen LogP contribution in [0.4, 0.5) is 4.79 Å². The molecule has 1 saturated carbocycles. The quantitative estimate of drug-likeness (QED) is 0.716. The normalized spacial score (nSPS) is 27.9. The van der Waals surface area contributed by atoms with Crippen LogP contribution in [0, 0.1) is 5.92 Å². The number of hydrogen-bond acceptors (Lipinski definition) is 6. The van der Waals surface area contributed by atoms with Crippen molar-refractivity contribution in [2.45, 2.75) is 50.7 Å². The molecule has 1 saturated heterocycles. The number of fused-ring (bicyclic) bond motifs is 3. The van der Waals surface area contributed by atoms with Gasteiger partial charge in [0.2, 0.25) is 0 Å². The van der Waals surface area contributed by atoms with Gasteiger partial charge in [0.25, 0.3) is 0 Å². The van der Waals surface area contributed by atoms with Gasteiger partial charge in [-0.15, -0.1) is 10.2 Å². The summed E-state index contributed by atoms with van der Waals surface area (Å²) in [6.45, 7) is 3.08. The van der Waals surface area contributed by atoms with Crippen LogP contribution in [0.2, 0.25) is 0 Å². The Labute approximate surface area is 161 Å². The molecule has 0 spiro atoms. The maximum absolute atomic E-state index is 12.4. The van der Waals surface area contributed by atoms with Gasteiger partial charge in [-0.3, -0.25) is 4.40 Å². The first-order chi connectivity index (χ1) is 13.6. The summed E-state index contributed by atoms with van der Waals surface area (Å²) in [6, 6.07) is 1.98. The van der Waals surface area contributed by atoms with E-state index in [1.54, 1.807) is 11.1 Å². The molecule has 2 fully saturated rings. The molecule has 3 aromatic heterocycles. The fourth-order valence-electron chi connectivity index (χ4n) is 4.70. The van der Waals surface area contributed by atoms with Crippen molar-refractivity contribution in [2.75, 3.05) is 13.1 Å². The molecule has 2 aliphatic rings. The molecule has 1 aliphatic carbocycles. The number of amides is 1. The van der Waals surface area contributed by atoms with Crippen molar-refractivity contribution >= 4 is 22.9 Å². The van der Waals surface area contributed by atoms with Crippen LogP contribution in [-0.2, 0) is 4.74 Å². The van der Waals surface area contributed by atoms with Crippen LogP contribution >= 0.6 is 0 Å². The number of likely N-dealkylation sites (tertiary alicyclic amines) is 1. The number of β-amino-alcohol motifs (C(OH)–C–C–N with tert-alkyl or cyclic N) is 1. The Bertz CT molecular complexity index is 1010. The van der Waals surface area contributed by atoms with E-state index >= 15 is 0 Å². The lowest BCUT2D eigenvalue weighted by Gasteiger charge is -2.19. The van der Waals surface area contributed by atoms with Crippen molar-refractivity contribution in [3.8, 4) is 0 Å². The van der Waals surface area contributed by atoms with Crippen molar-refractivity contribution in [3.05, 3.63) is 24.3 Å². The Morgan fingerprint density at radius 2 is 2.29 bits per heavy atom. The molecule has 9 nitrogen and oxygen atoms in total. The van der Waals surface area contributed by atoms with Crippen LogP contribution in [0.25, 0.3) is 16.8 Å². The molecule has 2 N–H and O–H groups in total. The van der Waals surface area contributed by atoms with E-state index in [4.69, 9.17) is 4.74 Å². The van der Waals surface area contributed by atoms with Crippen molar-refractivity contribution in [1.82, 2.24) is 29.5 Å². The summed E-state index contributed by atoms with van der Waals surface area (Å²) in [4.78, 5) is 21.5. The van der Waals surface area contributed by atoms with Gasteiger partial charge in [-0.2, -0.15) is 0 Å². The Balaban J connectivity index is 1.40. The number of aromatic nitrogens is 5. The Hall–Kier alpha value is -2.68. The van der Waals surface area contributed by atoms with Crippen molar-refractivity contribution in [1.29, 1.82) is 0 Å². The monoisotopic (exact) mass is 384 g/mol. The number of nitrogens with zero attached hydrogens (tertiary/aromatic N) is 5. The number of carbonyl (C=O) groups excluding carboxylic acids is 1. The fourth-order valence-corrected chi connectivity index (χ4v) is 4.70. The van der Waals surface area contributed by atoms with Crippen molar-refractivity contribution in [2.24, 2.45) is 5.92 Å². The van der Waals surface area contributed by atoms with Gasteiger partial charge in [0.15, 0.2) is 11.3 Å². The smallest absolute Gasteiger partial charge is 0.410 e. The standard InChI is InChI=1S/C19H24N6O3/c1-2-11-7-13(28-19(27)24-6-4-12(26)10-24)8-14(11)18-23-22-16-9-21-17-15(25(16)18)3-5-20-17/h3,5,9,11-14,20,26H,2,4,6-8,10H2,1H3/t11-,12+,13+,14+/m1/s1. The molecule has 9 heteroatoms. The summed E-state index contributed by atoms with van der Waals surface area (Å²) < 4.78 is 7.85. The molecule has 1 amide bonds. The minimum atomic E-state index is -0.438. The molecule has 148 valence electrons. The summed E-state index contributed by atoms with van der Waals surface area (Å²) >= 11 is 0. The van der Waals surface area contributed by atoms with E-state index < -0.39 is 6.10 Å². The SMILES string of the molecule is CC[C@@H]1C[C@H](OC(=O)N2CC[C@H](O)C2)C[C@@H]1c1nnc2cnc3[nH]ccc3n12. The van der Waals surface area contributed by atoms with Gasteiger partial charge in [-0.1, -0.05) is 13.3 Å². The van der Waals surface area contributed by atoms with Gasteiger partial charge in [0.1, 0.15) is 11.9 Å². The highest BCUT2D eigenvalue weighted by atomic mass is 16.6. The Kier molecular flexibility index (Phi) is 4.19. The predicted molar refractivity (Wildman–Crippen MR) is 101 cm³/mol. The second kappa shape index (κ2) is 6.73. The highest BCUT2D eigenvalue weighted by Gasteiger charge is 2.40. The third-order valence-corrected chi connectivity index (χ3v) is 6.16. The van der Waals surface area contributed by atoms with E-state index in [-0.39, 0.29) is 18.1 Å². The van der Waals surface area contributed by atoms with Gasteiger partial charge in [0.05, 0.1) is 17.8 Å². The minimum absolute atomic E-state index is 0.143. The molecule has 3 aromatic rings. The summed E-state index contributed by atoms with van der Waals surface area (Å²) in [6.07, 6.45) is 5.84. The highest BCUT2D eigenvalue weighted by molar-refractivity contribution is 5.74. The van der Waals surface area contributed by atoms with Crippen LogP contribution in [0.3, 0.4) is 0 Å². The Morgan fingerprint density at radius 3 is 3.07 bits per heavy atom. The largest absolute Gasteiger partial charge is 0.446 e. The van der Waals surface area contributed by atoms with Crippen LogP contribution in [0.15, 0.2) is 18.5 Å². The number of H-pyrrole nitrogens is 1. The zero-order chi connectivity index (χ0) is 19.3. The number of aromatic amines is 1. The van der Waals surface area contributed by atoms with Gasteiger partial charge < -0.3 is 19.7 Å². The second-order valence-corrected chi connectivity index (χ2v) is 7.86. The molecule has 4 heterocycles. The highest BCUT2D eigenvalue weighted by Crippen LogP contribution is 2.42. The van der Waals surface area contributed by atoms with Crippen LogP contribution in [0.1, 0.15) is 44.3 Å². The zero-order valence-corrected chi connectivity index (χ0v) is 15.8. The van der Waals surface area contributed by atoms with Gasteiger partial charge >= 0.3 is 6.09 Å². The first-order valence-corrected chi connectivity index (χ1v) is 9.94. The molecule has 0 aromatic carbocycles. The van der Waals surface area contributed by atoms with E-state index in [0.717, 1.165) is 41.9 Å². The molecule has 4 atom stereocenters. The number of aliphatic hydroxyl groups is 1. The van der Waals surface area contributed by atoms with Gasteiger partial charge in [-0.05, 0) is 31.2 Å². The lowest BCUT2D eigenvalue weighted by atomic mass is 9.93. The molecule has 0 radical (unpaired) electrons. The van der Waals surface area contributed by atoms with E-state index in [0.29, 0.717) is 25.4 Å². The van der Waals surface area contributed by atoms with Crippen LogP contribution in [-0.4, -0.2) is 66.0 Å². The summed E-state index contributed by atoms with van der Waals surface area (Å²) in [5, 5.41) is 18.4. The molecule has 1 aliphatic heterocycles. The lowest BCUT2D eigenvalue weighted by molar-refractivity contribution is 0.0651. The maximum Gasteiger partial charge on any atom is 0.410 e. The van der Waals surface area contributed by atoms with Crippen LogP contribution in [0.5, 0.6) is 0 Å². The number of aliphatic hydroxyl groups excluding tert-OH is 1. The van der Waals surface area contributed by atoms with E-state index in [2.05, 4.69) is 31.5 Å². The van der Waals surface area contributed by atoms with Crippen molar-refractivity contribution < 1.29 is 14.6 Å². The number of rotatable bonds is 3. The topological polar surface area (TPSA) is 109 Å². The predicted octanol–water partition coefficient (Wildman–Crippen LogP) is 2.08. The first kappa shape index (κ1) is 17.4. The van der Waals surface area contributed by atoms with Crippen LogP contribution < -0.4 is 0 Å². The zero-order valence-electron chi connectivity index (χ0n) is 15.8. The average Bonchev–Trinajstić information content (AvgIpc) is 3.45. The van der Waals surface area contributed by atoms with Gasteiger partial charge in [0, 0.05) is 25.2 Å². The third kappa shape index (κ3) is 2.81. The second-order valence-electron chi connectivity index (χ2n) is 7.86. The molecule has 0 unspecified atom stereocenters. The summed E-state index contributed by atoms with van der Waals surface area (Å²) in [7, 11) is 0. The number of nitrogens with one attached hydrogen (secondary N) is 1. The Morgan fingerprint density at radius 1 is 1.39 bits per heavy atom. The number of carbonyl (C=O) groups is 1. The average molecular weight is 384 g/mol. The number of ether oxygens (including phenoxy) is 1. The van der Waals surface area contributed by atoms with E-state index in [1.807, 2.05) is 12.3 Å². The molecule has 5 rings (SSSR count).